The number of benzene rings is 1. The minimum absolute atomic E-state index is 0.141. The number of thioether (sulfide) groups is 1. The van der Waals surface area contributed by atoms with Crippen LogP contribution in [0.3, 0.4) is 0 Å². The van der Waals surface area contributed by atoms with Crippen LogP contribution in [-0.2, 0) is 13.8 Å². The Morgan fingerprint density at radius 2 is 2.00 bits per heavy atom. The fourth-order valence-corrected chi connectivity index (χ4v) is 8.31. The molecule has 2 saturated heterocycles. The Kier molecular flexibility index (Phi) is 5.37. The van der Waals surface area contributed by atoms with Gasteiger partial charge in [-0.25, -0.2) is 18.8 Å². The Bertz CT molecular complexity index is 1330. The van der Waals surface area contributed by atoms with Crippen LogP contribution in [0, 0.1) is 0 Å². The summed E-state index contributed by atoms with van der Waals surface area (Å²) in [6, 6.07) is 7.09. The Hall–Kier alpha value is -1.66. The second kappa shape index (κ2) is 7.92. The zero-order valence-corrected chi connectivity index (χ0v) is 20.7. The van der Waals surface area contributed by atoms with Crippen molar-refractivity contribution in [3.05, 3.63) is 62.4 Å². The van der Waals surface area contributed by atoms with Crippen molar-refractivity contribution in [2.45, 2.75) is 60.3 Å². The van der Waals surface area contributed by atoms with Gasteiger partial charge in [0, 0.05) is 23.3 Å². The van der Waals surface area contributed by atoms with Gasteiger partial charge in [0.1, 0.15) is 5.75 Å². The zero-order valence-electron chi connectivity index (χ0n) is 18.2. The highest BCUT2D eigenvalue weighted by atomic mass is 35.5. The second-order valence-corrected chi connectivity index (χ2v) is 12.7. The molecule has 35 heavy (non-hydrogen) atoms. The quantitative estimate of drug-likeness (QED) is 0.449. The summed E-state index contributed by atoms with van der Waals surface area (Å²) < 4.78 is 46.7. The normalized spacial score (nSPS) is 37.2. The number of aromatic amines is 1. The molecule has 2 unspecified atom stereocenters. The lowest BCUT2D eigenvalue weighted by Gasteiger charge is -2.46. The van der Waals surface area contributed by atoms with Gasteiger partial charge < -0.3 is 14.4 Å². The number of aliphatic hydroxyl groups is 1. The molecule has 0 amide bonds. The summed E-state index contributed by atoms with van der Waals surface area (Å²) in [6.07, 6.45) is 1.14. The molecular formula is C21H22ClFN3O7PS. The van der Waals surface area contributed by atoms with Crippen LogP contribution in [0.1, 0.15) is 31.9 Å². The molecule has 6 atom stereocenters. The highest BCUT2D eigenvalue weighted by Crippen LogP contribution is 2.78. The number of halogens is 2. The first-order chi connectivity index (χ1) is 16.6. The first-order valence-corrected chi connectivity index (χ1v) is 14.1. The van der Waals surface area contributed by atoms with Gasteiger partial charge in [0.2, 0.25) is 0 Å². The third-order valence-electron chi connectivity index (χ3n) is 7.15. The summed E-state index contributed by atoms with van der Waals surface area (Å²) in [4.78, 5) is 26.0. The fourth-order valence-electron chi connectivity index (χ4n) is 4.94. The molecule has 1 spiro atoms. The smallest absolute Gasteiger partial charge is 0.413 e. The molecule has 4 fully saturated rings. The lowest BCUT2D eigenvalue weighted by molar-refractivity contribution is -0.139. The van der Waals surface area contributed by atoms with E-state index in [1.54, 1.807) is 12.1 Å². The lowest BCUT2D eigenvalue weighted by atomic mass is 9.93. The minimum Gasteiger partial charge on any atom is -0.413 e. The Morgan fingerprint density at radius 1 is 1.29 bits per heavy atom. The van der Waals surface area contributed by atoms with E-state index in [0.717, 1.165) is 29.9 Å². The molecule has 0 bridgehead atoms. The topological polar surface area (TPSA) is 132 Å². The Morgan fingerprint density at radius 3 is 2.57 bits per heavy atom. The van der Waals surface area contributed by atoms with Crippen molar-refractivity contribution in [3.8, 4) is 5.75 Å². The SMILES string of the molecule is O=c1ccn([C@@H]2O[C@]3(F)C(OP(=O)(NC4CCC4)Oc4ccc(Cl)cc4)[C@]3(O)[C@]23CCS3)c(=O)[nH]1. The van der Waals surface area contributed by atoms with Crippen LogP contribution < -0.4 is 20.9 Å². The van der Waals surface area contributed by atoms with E-state index in [0.29, 0.717) is 17.2 Å². The Labute approximate surface area is 207 Å². The molecule has 4 aliphatic rings. The molecule has 1 aromatic heterocycles. The molecule has 3 heterocycles. The van der Waals surface area contributed by atoms with Crippen LogP contribution in [0.2, 0.25) is 5.02 Å². The van der Waals surface area contributed by atoms with Crippen molar-refractivity contribution in [2.24, 2.45) is 0 Å². The fraction of sp³-hybridized carbons (Fsp3) is 0.524. The summed E-state index contributed by atoms with van der Waals surface area (Å²) in [5.74, 6) is -1.95. The maximum atomic E-state index is 16.1. The van der Waals surface area contributed by atoms with Gasteiger partial charge >= 0.3 is 13.4 Å². The molecule has 2 aliphatic carbocycles. The number of rotatable bonds is 7. The van der Waals surface area contributed by atoms with E-state index >= 15 is 4.39 Å². The predicted octanol–water partition coefficient (Wildman–Crippen LogP) is 2.72. The lowest BCUT2D eigenvalue weighted by Crippen LogP contribution is -2.56. The van der Waals surface area contributed by atoms with Gasteiger partial charge in [-0.2, -0.15) is 0 Å². The van der Waals surface area contributed by atoms with Gasteiger partial charge in [-0.1, -0.05) is 18.0 Å². The summed E-state index contributed by atoms with van der Waals surface area (Å²) in [5, 5.41) is 14.9. The summed E-state index contributed by atoms with van der Waals surface area (Å²) in [6.45, 7) is 0. The Balaban J connectivity index is 1.30. The van der Waals surface area contributed by atoms with E-state index in [1.807, 2.05) is 0 Å². The molecule has 1 aromatic carbocycles. The highest BCUT2D eigenvalue weighted by molar-refractivity contribution is 8.02. The number of fused-ring (bicyclic) bond motifs is 2. The highest BCUT2D eigenvalue weighted by Gasteiger charge is 2.97. The molecule has 188 valence electrons. The number of hydrogen-bond donors (Lipinski definition) is 3. The van der Waals surface area contributed by atoms with Gasteiger partial charge in [0.25, 0.3) is 11.4 Å². The van der Waals surface area contributed by atoms with E-state index in [-0.39, 0.29) is 11.8 Å². The average Bonchev–Trinajstić information content (AvgIpc) is 3.07. The van der Waals surface area contributed by atoms with E-state index in [2.05, 4.69) is 10.1 Å². The van der Waals surface area contributed by atoms with Gasteiger partial charge in [0.05, 0.1) is 4.75 Å². The average molecular weight is 546 g/mol. The summed E-state index contributed by atoms with van der Waals surface area (Å²) in [5.41, 5.74) is -3.59. The number of hydrogen-bond acceptors (Lipinski definition) is 8. The van der Waals surface area contributed by atoms with E-state index in [1.165, 1.54) is 30.1 Å². The van der Waals surface area contributed by atoms with Gasteiger partial charge in [0.15, 0.2) is 17.9 Å². The van der Waals surface area contributed by atoms with Crippen LogP contribution in [0.15, 0.2) is 46.1 Å². The zero-order chi connectivity index (χ0) is 24.6. The number of ether oxygens (including phenoxy) is 1. The van der Waals surface area contributed by atoms with E-state index in [9.17, 15) is 19.3 Å². The van der Waals surface area contributed by atoms with Gasteiger partial charge in [-0.3, -0.25) is 18.9 Å². The van der Waals surface area contributed by atoms with Crippen molar-refractivity contribution >= 4 is 31.1 Å². The van der Waals surface area contributed by atoms with Gasteiger partial charge in [-0.15, -0.1) is 11.8 Å². The third kappa shape index (κ3) is 3.42. The summed E-state index contributed by atoms with van der Waals surface area (Å²) in [7, 11) is -4.16. The molecule has 14 heteroatoms. The number of H-pyrrole nitrogens is 1. The van der Waals surface area contributed by atoms with Crippen LogP contribution in [-0.4, -0.2) is 48.8 Å². The number of alkyl halides is 1. The molecule has 2 aliphatic heterocycles. The van der Waals surface area contributed by atoms with Crippen LogP contribution in [0.25, 0.3) is 0 Å². The van der Waals surface area contributed by atoms with Crippen molar-refractivity contribution in [3.63, 3.8) is 0 Å². The van der Waals surface area contributed by atoms with Crippen LogP contribution in [0.4, 0.5) is 4.39 Å². The molecule has 3 N–H and O–H groups in total. The molecule has 10 nitrogen and oxygen atoms in total. The molecule has 2 aromatic rings. The number of nitrogens with one attached hydrogen (secondary N) is 2. The molecular weight excluding hydrogens is 524 g/mol. The van der Waals surface area contributed by atoms with Crippen molar-refractivity contribution in [2.75, 3.05) is 5.75 Å². The minimum atomic E-state index is -4.16. The maximum Gasteiger partial charge on any atom is 0.459 e. The van der Waals surface area contributed by atoms with Crippen molar-refractivity contribution in [1.29, 1.82) is 0 Å². The summed E-state index contributed by atoms with van der Waals surface area (Å²) >= 11 is 7.15. The van der Waals surface area contributed by atoms with Crippen LogP contribution >= 0.6 is 31.1 Å². The predicted molar refractivity (Wildman–Crippen MR) is 125 cm³/mol. The number of nitrogens with zero attached hydrogens (tertiary/aromatic N) is 1. The second-order valence-electron chi connectivity index (χ2n) is 9.17. The number of aromatic nitrogens is 2. The first kappa shape index (κ1) is 23.7. The largest absolute Gasteiger partial charge is 0.459 e. The van der Waals surface area contributed by atoms with Gasteiger partial charge in [-0.05, 0) is 49.3 Å². The monoisotopic (exact) mass is 545 g/mol. The van der Waals surface area contributed by atoms with Crippen LogP contribution in [0.5, 0.6) is 5.75 Å². The van der Waals surface area contributed by atoms with E-state index in [4.69, 9.17) is 25.4 Å². The standard InChI is InChI=1S/C21H22ClFN3O7PS/c22-12-4-6-14(7-5-12)32-34(30,25-13-2-1-3-13)33-16-20(29)19(9-11-35-19)17(31-21(16,20)23)26-10-8-15(27)24-18(26)28/h4-8,10,13,16-17,29H,1-3,9,11H2,(H,25,30)(H,24,27,28)/t16?,17-,19+,20+,21-,34?/m1/s1. The van der Waals surface area contributed by atoms with Crippen molar-refractivity contribution < 1.29 is 27.8 Å². The first-order valence-electron chi connectivity index (χ1n) is 11.2. The van der Waals surface area contributed by atoms with E-state index < -0.39 is 47.5 Å². The van der Waals surface area contributed by atoms with Crippen molar-refractivity contribution in [1.82, 2.24) is 14.6 Å². The molecule has 0 radical (unpaired) electrons. The molecule has 2 saturated carbocycles. The molecule has 6 rings (SSSR count). The maximum absolute atomic E-state index is 16.1. The third-order valence-corrected chi connectivity index (χ3v) is 10.7.